The molecular formula is C15H17NO7. The summed E-state index contributed by atoms with van der Waals surface area (Å²) in [5.41, 5.74) is 0.340. The number of carbonyl (C=O) groups excluding carboxylic acids is 3. The van der Waals surface area contributed by atoms with Crippen LogP contribution in [-0.2, 0) is 33.3 Å². The fourth-order valence-electron chi connectivity index (χ4n) is 1.94. The molecule has 0 fully saturated rings. The van der Waals surface area contributed by atoms with Gasteiger partial charge in [0.2, 0.25) is 0 Å². The monoisotopic (exact) mass is 323 g/mol. The van der Waals surface area contributed by atoms with Crippen molar-refractivity contribution in [3.63, 3.8) is 0 Å². The maximum Gasteiger partial charge on any atom is 0.303 e. The molecule has 0 aromatic carbocycles. The number of hydrogen-bond donors (Lipinski definition) is 0. The van der Waals surface area contributed by atoms with E-state index >= 15 is 0 Å². The number of nitriles is 1. The Bertz CT molecular complexity index is 573. The molecule has 1 heterocycles. The Hall–Kier alpha value is -2.82. The standard InChI is InChI=1S/C15H17NO7/c1-9(17)20-8-13-15(23-11(3)19)14(22-10(2)18)12(7-21-13)5-4-6-16/h4-5,7,13-15H,8H2,1-3H3/b5-4-/t13-,14-,15-/m1/s1. The van der Waals surface area contributed by atoms with Crippen molar-refractivity contribution < 1.29 is 33.3 Å². The van der Waals surface area contributed by atoms with Gasteiger partial charge in [-0.3, -0.25) is 14.4 Å². The summed E-state index contributed by atoms with van der Waals surface area (Å²) in [6.45, 7) is 3.44. The predicted octanol–water partition coefficient (Wildman–Crippen LogP) is 0.775. The highest BCUT2D eigenvalue weighted by molar-refractivity contribution is 5.68. The Balaban J connectivity index is 3.10. The molecule has 0 amide bonds. The fraction of sp³-hybridized carbons (Fsp3) is 0.467. The quantitative estimate of drug-likeness (QED) is 0.414. The molecule has 8 nitrogen and oxygen atoms in total. The highest BCUT2D eigenvalue weighted by Gasteiger charge is 2.41. The molecule has 1 aliphatic rings. The minimum Gasteiger partial charge on any atom is -0.490 e. The van der Waals surface area contributed by atoms with Gasteiger partial charge in [0.25, 0.3) is 0 Å². The van der Waals surface area contributed by atoms with Gasteiger partial charge in [-0.05, 0) is 6.08 Å². The van der Waals surface area contributed by atoms with Crippen LogP contribution in [0, 0.1) is 11.3 Å². The first-order valence-electron chi connectivity index (χ1n) is 6.74. The smallest absolute Gasteiger partial charge is 0.303 e. The van der Waals surface area contributed by atoms with Gasteiger partial charge in [0, 0.05) is 32.4 Å². The fourth-order valence-corrected chi connectivity index (χ4v) is 1.94. The Labute approximate surface area is 133 Å². The van der Waals surface area contributed by atoms with Gasteiger partial charge in [0.05, 0.1) is 12.3 Å². The summed E-state index contributed by atoms with van der Waals surface area (Å²) in [6.07, 6.45) is 0.991. The summed E-state index contributed by atoms with van der Waals surface area (Å²) < 4.78 is 20.6. The van der Waals surface area contributed by atoms with E-state index in [0.29, 0.717) is 5.57 Å². The number of hydrogen-bond acceptors (Lipinski definition) is 8. The molecule has 3 atom stereocenters. The number of nitrogens with zero attached hydrogens (tertiary/aromatic N) is 1. The lowest BCUT2D eigenvalue weighted by atomic mass is 9.98. The third-order valence-corrected chi connectivity index (χ3v) is 2.77. The summed E-state index contributed by atoms with van der Waals surface area (Å²) in [4.78, 5) is 33.6. The maximum atomic E-state index is 11.3. The lowest BCUT2D eigenvalue weighted by Crippen LogP contribution is -2.49. The molecule has 0 spiro atoms. The van der Waals surface area contributed by atoms with Crippen LogP contribution in [-0.4, -0.2) is 42.8 Å². The van der Waals surface area contributed by atoms with Crippen LogP contribution in [0.3, 0.4) is 0 Å². The van der Waals surface area contributed by atoms with Crippen molar-refractivity contribution >= 4 is 17.9 Å². The summed E-state index contributed by atoms with van der Waals surface area (Å²) in [7, 11) is 0. The Morgan fingerprint density at radius 1 is 1.22 bits per heavy atom. The zero-order chi connectivity index (χ0) is 17.4. The van der Waals surface area contributed by atoms with Crippen LogP contribution >= 0.6 is 0 Å². The van der Waals surface area contributed by atoms with Gasteiger partial charge in [-0.15, -0.1) is 0 Å². The third-order valence-electron chi connectivity index (χ3n) is 2.77. The molecule has 0 aromatic heterocycles. The number of allylic oxidation sites excluding steroid dienone is 1. The summed E-state index contributed by atoms with van der Waals surface area (Å²) in [5, 5.41) is 8.62. The highest BCUT2D eigenvalue weighted by Crippen LogP contribution is 2.26. The predicted molar refractivity (Wildman–Crippen MR) is 75.5 cm³/mol. The number of esters is 3. The minimum absolute atomic E-state index is 0.184. The zero-order valence-corrected chi connectivity index (χ0v) is 13.0. The van der Waals surface area contributed by atoms with Crippen molar-refractivity contribution in [2.24, 2.45) is 0 Å². The van der Waals surface area contributed by atoms with Crippen LogP contribution in [0.15, 0.2) is 24.0 Å². The molecule has 0 saturated heterocycles. The molecule has 0 bridgehead atoms. The van der Waals surface area contributed by atoms with E-state index in [-0.39, 0.29) is 6.61 Å². The first-order chi connectivity index (χ1) is 10.8. The normalized spacial score (nSPS) is 23.2. The highest BCUT2D eigenvalue weighted by atomic mass is 16.6. The average molecular weight is 323 g/mol. The van der Waals surface area contributed by atoms with Gasteiger partial charge in [-0.25, -0.2) is 0 Å². The van der Waals surface area contributed by atoms with E-state index < -0.39 is 36.2 Å². The second-order valence-electron chi connectivity index (χ2n) is 4.66. The Morgan fingerprint density at radius 2 is 1.87 bits per heavy atom. The SMILES string of the molecule is CC(=O)OC[C@H]1OC=C(/C=C\C#N)[C@@H](OC(C)=O)[C@@H]1OC(C)=O. The molecule has 8 heteroatoms. The molecule has 0 aromatic rings. The van der Waals surface area contributed by atoms with E-state index in [1.54, 1.807) is 6.07 Å². The largest absolute Gasteiger partial charge is 0.490 e. The van der Waals surface area contributed by atoms with Crippen molar-refractivity contribution in [2.45, 2.75) is 39.1 Å². The van der Waals surface area contributed by atoms with Crippen LogP contribution < -0.4 is 0 Å². The van der Waals surface area contributed by atoms with E-state index in [4.69, 9.17) is 24.2 Å². The minimum atomic E-state index is -1.01. The first-order valence-corrected chi connectivity index (χ1v) is 6.74. The van der Waals surface area contributed by atoms with Crippen molar-refractivity contribution in [3.05, 3.63) is 24.0 Å². The van der Waals surface area contributed by atoms with Gasteiger partial charge < -0.3 is 18.9 Å². The van der Waals surface area contributed by atoms with Gasteiger partial charge in [-0.2, -0.15) is 5.26 Å². The molecule has 0 aliphatic carbocycles. The Morgan fingerprint density at radius 3 is 2.39 bits per heavy atom. The number of ether oxygens (including phenoxy) is 4. The summed E-state index contributed by atoms with van der Waals surface area (Å²) >= 11 is 0. The van der Waals surface area contributed by atoms with Crippen LogP contribution in [0.1, 0.15) is 20.8 Å². The van der Waals surface area contributed by atoms with Crippen LogP contribution in [0.2, 0.25) is 0 Å². The Kier molecular flexibility index (Phi) is 6.80. The van der Waals surface area contributed by atoms with Crippen molar-refractivity contribution in [2.75, 3.05) is 6.61 Å². The molecule has 0 radical (unpaired) electrons. The van der Waals surface area contributed by atoms with E-state index in [9.17, 15) is 14.4 Å². The van der Waals surface area contributed by atoms with E-state index in [2.05, 4.69) is 0 Å². The molecule has 1 rings (SSSR count). The van der Waals surface area contributed by atoms with Crippen molar-refractivity contribution in [3.8, 4) is 6.07 Å². The zero-order valence-electron chi connectivity index (χ0n) is 13.0. The van der Waals surface area contributed by atoms with E-state index in [0.717, 1.165) is 0 Å². The number of carbonyl (C=O) groups is 3. The lowest BCUT2D eigenvalue weighted by molar-refractivity contribution is -0.180. The lowest BCUT2D eigenvalue weighted by Gasteiger charge is -2.35. The molecule has 0 saturated carbocycles. The molecular weight excluding hydrogens is 306 g/mol. The van der Waals surface area contributed by atoms with Crippen LogP contribution in [0.25, 0.3) is 0 Å². The van der Waals surface area contributed by atoms with Crippen LogP contribution in [0.5, 0.6) is 0 Å². The third kappa shape index (κ3) is 5.82. The van der Waals surface area contributed by atoms with Gasteiger partial charge in [0.15, 0.2) is 18.3 Å². The molecule has 124 valence electrons. The topological polar surface area (TPSA) is 112 Å². The average Bonchev–Trinajstić information content (AvgIpc) is 2.45. The maximum absolute atomic E-state index is 11.3. The molecule has 0 unspecified atom stereocenters. The summed E-state index contributed by atoms with van der Waals surface area (Å²) in [6, 6.07) is 1.80. The van der Waals surface area contributed by atoms with Gasteiger partial charge in [-0.1, -0.05) is 0 Å². The van der Waals surface area contributed by atoms with E-state index in [1.807, 2.05) is 0 Å². The van der Waals surface area contributed by atoms with Crippen molar-refractivity contribution in [1.82, 2.24) is 0 Å². The van der Waals surface area contributed by atoms with Crippen LogP contribution in [0.4, 0.5) is 0 Å². The van der Waals surface area contributed by atoms with E-state index in [1.165, 1.54) is 39.2 Å². The first kappa shape index (κ1) is 18.2. The molecule has 23 heavy (non-hydrogen) atoms. The van der Waals surface area contributed by atoms with Crippen molar-refractivity contribution in [1.29, 1.82) is 5.26 Å². The summed E-state index contributed by atoms with van der Waals surface area (Å²) in [5.74, 6) is -1.75. The second kappa shape index (κ2) is 8.58. The van der Waals surface area contributed by atoms with Gasteiger partial charge >= 0.3 is 17.9 Å². The molecule has 0 N–H and O–H groups in total. The second-order valence-corrected chi connectivity index (χ2v) is 4.66. The van der Waals surface area contributed by atoms with Gasteiger partial charge in [0.1, 0.15) is 6.61 Å². The molecule has 1 aliphatic heterocycles. The number of rotatable bonds is 5.